The summed E-state index contributed by atoms with van der Waals surface area (Å²) in [5.41, 5.74) is 0. The third kappa shape index (κ3) is 2.37. The Kier molecular flexibility index (Phi) is 3.39. The minimum absolute atomic E-state index is 0.569. The van der Waals surface area contributed by atoms with E-state index in [1.165, 1.54) is 0 Å². The first kappa shape index (κ1) is 6.12. The van der Waals surface area contributed by atoms with Crippen LogP contribution in [0, 0.1) is 0 Å². The monoisotopic (exact) mass is 71.0 g/mol. The summed E-state index contributed by atoms with van der Waals surface area (Å²) in [4.78, 5) is 0. The van der Waals surface area contributed by atoms with Gasteiger partial charge in [0.05, 0.1) is 0 Å². The van der Waals surface area contributed by atoms with E-state index in [1.54, 1.807) is 0 Å². The van der Waals surface area contributed by atoms with Crippen LogP contribution in [0.5, 0.6) is 0 Å². The van der Waals surface area contributed by atoms with Gasteiger partial charge in [0.15, 0.2) is 0 Å². The van der Waals surface area contributed by atoms with Gasteiger partial charge in [-0.1, -0.05) is 0 Å². The quantitative estimate of drug-likeness (QED) is 0.343. The molecule has 0 N–H and O–H groups in total. The van der Waals surface area contributed by atoms with Crippen LogP contribution in [0.25, 0.3) is 0 Å². The van der Waals surface area contributed by atoms with E-state index in [0.29, 0.717) is 7.04 Å². The van der Waals surface area contributed by atoms with Crippen molar-refractivity contribution in [2.24, 2.45) is 0 Å². The van der Waals surface area contributed by atoms with Gasteiger partial charge in [-0.05, 0) is 0 Å². The van der Waals surface area contributed by atoms with Crippen molar-refractivity contribution in [3.8, 4) is 0 Å². The van der Waals surface area contributed by atoms with Crippen molar-refractivity contribution in [2.45, 2.75) is 0 Å². The van der Waals surface area contributed by atoms with E-state index in [4.69, 9.17) is 15.5 Å². The zero-order chi connectivity index (χ0) is 4.99. The van der Waals surface area contributed by atoms with Crippen LogP contribution in [0.1, 0.15) is 0 Å². The van der Waals surface area contributed by atoms with Gasteiger partial charge in [-0.25, -0.2) is 0 Å². The Morgan fingerprint density at radius 1 is 1.67 bits per heavy atom. The summed E-state index contributed by atoms with van der Waals surface area (Å²) >= 11 is 0. The van der Waals surface area contributed by atoms with Crippen molar-refractivity contribution in [2.75, 3.05) is 0 Å². The summed E-state index contributed by atoms with van der Waals surface area (Å²) in [5.74, 6) is 0. The molecule has 0 aliphatic carbocycles. The van der Waals surface area contributed by atoms with Crippen LogP contribution in [0.4, 0.5) is 0 Å². The average molecular weight is 70.1 g/mol. The Morgan fingerprint density at radius 3 is 2.17 bits per heavy atom. The first-order valence-electron chi connectivity index (χ1n) is 1.57. The number of hydrogen-bond donors (Lipinski definition) is 0. The van der Waals surface area contributed by atoms with Crippen LogP contribution in [-0.2, 0) is 4.70 Å². The molecular formula is B5O. The summed E-state index contributed by atoms with van der Waals surface area (Å²) in [7, 11) is 11.4. The van der Waals surface area contributed by atoms with Crippen LogP contribution >= 0.6 is 0 Å². The number of rotatable bonds is 2. The Labute approximate surface area is 41.6 Å². The summed E-state index contributed by atoms with van der Waals surface area (Å²) in [6.07, 6.45) is -0.593. The first-order chi connectivity index (χ1) is 2.81. The molecule has 0 aliphatic rings. The van der Waals surface area contributed by atoms with Crippen LogP contribution in [0.15, 0.2) is 0 Å². The molecular weight excluding hydrogens is 70.1 g/mol. The maximum atomic E-state index is 9.50. The molecule has 0 aromatic carbocycles. The van der Waals surface area contributed by atoms with Crippen molar-refractivity contribution >= 4 is 36.0 Å². The van der Waals surface area contributed by atoms with E-state index in [1.807, 2.05) is 0 Å². The van der Waals surface area contributed by atoms with Crippen molar-refractivity contribution in [3.63, 3.8) is 0 Å². The fraction of sp³-hybridized carbons (Fsp3) is 0. The molecule has 0 unspecified atom stereocenters. The second-order valence-electron chi connectivity index (χ2n) is 0.906. The Hall–Kier alpha value is 0.125. The zero-order valence-electron chi connectivity index (χ0n) is 3.29. The van der Waals surface area contributed by atoms with Gasteiger partial charge >= 0.3 is 40.7 Å². The molecule has 0 fully saturated rings. The molecule has 6 heavy (non-hydrogen) atoms. The van der Waals surface area contributed by atoms with Gasteiger partial charge in [0.25, 0.3) is 0 Å². The molecule has 0 saturated heterocycles. The molecule has 0 rings (SSSR count). The molecule has 0 aromatic rings. The van der Waals surface area contributed by atoms with E-state index in [2.05, 4.69) is 0 Å². The van der Waals surface area contributed by atoms with Crippen molar-refractivity contribution < 1.29 is 4.70 Å². The molecule has 0 bridgehead atoms. The van der Waals surface area contributed by atoms with Crippen LogP contribution in [0.2, 0.25) is 0 Å². The SMILES string of the molecule is [B][B]B([B])B=O. The van der Waals surface area contributed by atoms with Gasteiger partial charge in [0, 0.05) is 0 Å². The fourth-order valence-electron chi connectivity index (χ4n) is 0.0454. The van der Waals surface area contributed by atoms with Gasteiger partial charge in [0.2, 0.25) is 0 Å². The van der Waals surface area contributed by atoms with Gasteiger partial charge in [-0.2, -0.15) is 0 Å². The molecule has 0 spiro atoms. The summed E-state index contributed by atoms with van der Waals surface area (Å²) in [6, 6.07) is 0. The average Bonchev–Trinajstić information content (AvgIpc) is 1.65. The third-order valence-corrected chi connectivity index (χ3v) is 0.379. The topological polar surface area (TPSA) is 17.1 Å². The predicted octanol–water partition coefficient (Wildman–Crippen LogP) is -2.02. The standard InChI is InChI=1S/B5O/c1-3-5(2)4-6. The first-order valence-corrected chi connectivity index (χ1v) is 1.57. The molecule has 0 atom stereocenters. The molecule has 0 heterocycles. The third-order valence-electron chi connectivity index (χ3n) is 0.379. The van der Waals surface area contributed by atoms with E-state index < -0.39 is 6.39 Å². The summed E-state index contributed by atoms with van der Waals surface area (Å²) in [5, 5.41) is 0. The molecule has 0 aliphatic heterocycles. The van der Waals surface area contributed by atoms with Gasteiger partial charge in [-0.15, -0.1) is 0 Å². The molecule has 1 nitrogen and oxygen atoms in total. The van der Waals surface area contributed by atoms with Gasteiger partial charge in [-0.3, -0.25) is 0 Å². The van der Waals surface area contributed by atoms with Crippen molar-refractivity contribution in [1.29, 1.82) is 0 Å². The Balaban J connectivity index is 2.96. The zero-order valence-corrected chi connectivity index (χ0v) is 3.29. The Bertz CT molecular complexity index is 41.2. The molecule has 0 saturated carbocycles. The van der Waals surface area contributed by atoms with E-state index in [-0.39, 0.29) is 0 Å². The van der Waals surface area contributed by atoms with Gasteiger partial charge < -0.3 is 0 Å². The van der Waals surface area contributed by atoms with E-state index in [0.717, 1.165) is 7.06 Å². The second-order valence-corrected chi connectivity index (χ2v) is 0.906. The van der Waals surface area contributed by atoms with Crippen LogP contribution in [-0.4, -0.2) is 36.0 Å². The minimum atomic E-state index is -0.593. The fourth-order valence-corrected chi connectivity index (χ4v) is 0.0454. The van der Waals surface area contributed by atoms with Crippen LogP contribution in [0.3, 0.4) is 0 Å². The molecule has 5 radical (unpaired) electrons. The summed E-state index contributed by atoms with van der Waals surface area (Å²) < 4.78 is 9.50. The maximum absolute atomic E-state index is 9.50. The Morgan fingerprint density at radius 2 is 2.17 bits per heavy atom. The molecule has 0 amide bonds. The van der Waals surface area contributed by atoms with Gasteiger partial charge in [0.1, 0.15) is 0 Å². The summed E-state index contributed by atoms with van der Waals surface area (Å²) in [6.45, 7) is 0. The van der Waals surface area contributed by atoms with E-state index >= 15 is 0 Å². The van der Waals surface area contributed by atoms with E-state index in [9.17, 15) is 4.70 Å². The molecule has 21 valence electrons. The second kappa shape index (κ2) is 3.32. The van der Waals surface area contributed by atoms with Crippen molar-refractivity contribution in [1.82, 2.24) is 0 Å². The van der Waals surface area contributed by atoms with Crippen molar-refractivity contribution in [3.05, 3.63) is 0 Å². The predicted molar refractivity (Wildman–Crippen MR) is 29.5 cm³/mol. The number of hydrogen-bond acceptors (Lipinski definition) is 1. The van der Waals surface area contributed by atoms with Crippen LogP contribution < -0.4 is 0 Å². The normalized spacial score (nSPS) is 6.00. The molecule has 6 heteroatoms. The molecule has 0 aromatic heterocycles.